The van der Waals surface area contributed by atoms with Gasteiger partial charge < -0.3 is 15.0 Å². The molecule has 2 aliphatic carbocycles. The topological polar surface area (TPSA) is 120 Å². The summed E-state index contributed by atoms with van der Waals surface area (Å²) in [4.78, 5) is 27.8. The van der Waals surface area contributed by atoms with Gasteiger partial charge in [0.05, 0.1) is 30.1 Å². The first-order valence-corrected chi connectivity index (χ1v) is 15.8. The maximum atomic E-state index is 12.6. The van der Waals surface area contributed by atoms with E-state index in [1.54, 1.807) is 10.7 Å². The zero-order valence-corrected chi connectivity index (χ0v) is 24.3. The van der Waals surface area contributed by atoms with Crippen LogP contribution >= 0.6 is 0 Å². The average molecular weight is 583 g/mol. The number of fused-ring (bicyclic) bond motifs is 4. The summed E-state index contributed by atoms with van der Waals surface area (Å²) in [6.45, 7) is 6.65. The predicted molar refractivity (Wildman–Crippen MR) is 159 cm³/mol. The van der Waals surface area contributed by atoms with Crippen molar-refractivity contribution >= 4 is 17.2 Å². The molecule has 0 aromatic carbocycles. The van der Waals surface area contributed by atoms with Crippen LogP contribution in [0.3, 0.4) is 0 Å². The van der Waals surface area contributed by atoms with Crippen molar-refractivity contribution in [3.8, 4) is 22.9 Å². The van der Waals surface area contributed by atoms with Gasteiger partial charge in [-0.05, 0) is 81.1 Å². The number of hydrogen-bond acceptors (Lipinski definition) is 9. The average Bonchev–Trinajstić information content (AvgIpc) is 3.39. The summed E-state index contributed by atoms with van der Waals surface area (Å²) in [6, 6.07) is 9.03. The molecular formula is C32H38N8O3. The number of amides is 1. The highest BCUT2D eigenvalue weighted by Crippen LogP contribution is 2.44. The molecule has 2 saturated carbocycles. The lowest BCUT2D eigenvalue weighted by Crippen LogP contribution is -2.63. The van der Waals surface area contributed by atoms with Crippen molar-refractivity contribution < 1.29 is 14.4 Å². The number of piperidine rings is 1. The van der Waals surface area contributed by atoms with E-state index in [9.17, 15) is 10.1 Å². The molecule has 0 spiro atoms. The van der Waals surface area contributed by atoms with Gasteiger partial charge in [0.1, 0.15) is 24.2 Å². The number of likely N-dealkylation sites (tertiary alicyclic amines) is 1. The van der Waals surface area contributed by atoms with Gasteiger partial charge in [0.2, 0.25) is 5.91 Å². The van der Waals surface area contributed by atoms with E-state index < -0.39 is 0 Å². The molecule has 4 unspecified atom stereocenters. The van der Waals surface area contributed by atoms with Crippen LogP contribution in [0.2, 0.25) is 0 Å². The third-order valence-corrected chi connectivity index (χ3v) is 10.2. The summed E-state index contributed by atoms with van der Waals surface area (Å²) in [5, 5.41) is 17.7. The van der Waals surface area contributed by atoms with Gasteiger partial charge in [-0.25, -0.2) is 15.0 Å². The SMILES string of the molecule is N#Cc1cnn2cc(OCCN3CC4CNCC4C3)cc(-c3ccc(N4C5CC(C(=O)NOCC6CC6)CC4C5)nc3)c12. The highest BCUT2D eigenvalue weighted by atomic mass is 16.7. The number of carbonyl (C=O) groups excluding carboxylic acids is 1. The molecule has 6 aliphatic rings. The van der Waals surface area contributed by atoms with E-state index in [2.05, 4.69) is 43.9 Å². The van der Waals surface area contributed by atoms with Crippen molar-refractivity contribution in [1.29, 1.82) is 5.26 Å². The molecule has 4 atom stereocenters. The maximum Gasteiger partial charge on any atom is 0.246 e. The lowest BCUT2D eigenvalue weighted by molar-refractivity contribution is -0.140. The minimum Gasteiger partial charge on any atom is -0.491 e. The Labute approximate surface area is 251 Å². The fourth-order valence-corrected chi connectivity index (χ4v) is 7.66. The van der Waals surface area contributed by atoms with Crippen LogP contribution in [0.4, 0.5) is 5.82 Å². The number of nitrogens with one attached hydrogen (secondary N) is 2. The first kappa shape index (κ1) is 26.9. The summed E-state index contributed by atoms with van der Waals surface area (Å²) >= 11 is 0. The van der Waals surface area contributed by atoms with E-state index in [1.807, 2.05) is 18.5 Å². The monoisotopic (exact) mass is 582 g/mol. The second-order valence-corrected chi connectivity index (χ2v) is 13.1. The van der Waals surface area contributed by atoms with Gasteiger partial charge in [0.15, 0.2) is 0 Å². The number of aromatic nitrogens is 3. The Bertz CT molecular complexity index is 1520. The molecule has 0 radical (unpaired) electrons. The number of hydroxylamine groups is 1. The minimum atomic E-state index is -0.0112. The van der Waals surface area contributed by atoms with Crippen LogP contribution in [-0.4, -0.2) is 83.4 Å². The summed E-state index contributed by atoms with van der Waals surface area (Å²) in [5.74, 6) is 3.80. The van der Waals surface area contributed by atoms with E-state index >= 15 is 0 Å². The third kappa shape index (κ3) is 5.22. The van der Waals surface area contributed by atoms with E-state index in [0.717, 1.165) is 92.0 Å². The third-order valence-electron chi connectivity index (χ3n) is 10.2. The highest BCUT2D eigenvalue weighted by molar-refractivity contribution is 5.85. The van der Waals surface area contributed by atoms with Gasteiger partial charge in [-0.1, -0.05) is 0 Å². The van der Waals surface area contributed by atoms with Gasteiger partial charge in [0, 0.05) is 55.0 Å². The highest BCUT2D eigenvalue weighted by Gasteiger charge is 2.48. The van der Waals surface area contributed by atoms with Gasteiger partial charge in [-0.15, -0.1) is 0 Å². The number of rotatable bonds is 10. The lowest BCUT2D eigenvalue weighted by atomic mass is 9.73. The van der Waals surface area contributed by atoms with Crippen molar-refractivity contribution in [3.05, 3.63) is 42.4 Å². The quantitative estimate of drug-likeness (QED) is 0.348. The van der Waals surface area contributed by atoms with E-state index in [-0.39, 0.29) is 11.8 Å². The molecular weight excluding hydrogens is 544 g/mol. The van der Waals surface area contributed by atoms with Crippen LogP contribution in [0.5, 0.6) is 5.75 Å². The Kier molecular flexibility index (Phi) is 6.93. The molecule has 11 heteroatoms. The number of nitrogens with zero attached hydrogens (tertiary/aromatic N) is 6. The van der Waals surface area contributed by atoms with Crippen LogP contribution in [0, 0.1) is 35.0 Å². The molecule has 224 valence electrons. The molecule has 3 aromatic rings. The number of anilines is 1. The van der Waals surface area contributed by atoms with Crippen LogP contribution < -0.4 is 20.4 Å². The van der Waals surface area contributed by atoms with Crippen molar-refractivity contribution in [3.63, 3.8) is 0 Å². The molecule has 11 nitrogen and oxygen atoms in total. The maximum absolute atomic E-state index is 12.6. The van der Waals surface area contributed by atoms with Crippen LogP contribution in [0.25, 0.3) is 16.6 Å². The summed E-state index contributed by atoms with van der Waals surface area (Å²) in [7, 11) is 0. The Hall–Kier alpha value is -3.72. The molecule has 9 rings (SSSR count). The second kappa shape index (κ2) is 11.1. The molecule has 3 aromatic heterocycles. The smallest absolute Gasteiger partial charge is 0.246 e. The second-order valence-electron chi connectivity index (χ2n) is 13.1. The molecule has 4 aliphatic heterocycles. The molecule has 6 fully saturated rings. The van der Waals surface area contributed by atoms with E-state index in [1.165, 1.54) is 12.8 Å². The first-order valence-electron chi connectivity index (χ1n) is 15.8. The fraction of sp³-hybridized carbons (Fsp3) is 0.562. The predicted octanol–water partition coefficient (Wildman–Crippen LogP) is 2.61. The van der Waals surface area contributed by atoms with E-state index in [0.29, 0.717) is 36.8 Å². The Balaban J connectivity index is 0.943. The van der Waals surface area contributed by atoms with Gasteiger partial charge in [-0.2, -0.15) is 10.4 Å². The number of carbonyl (C=O) groups is 1. The summed E-state index contributed by atoms with van der Waals surface area (Å²) in [6.07, 6.45) is 10.5. The van der Waals surface area contributed by atoms with Crippen molar-refractivity contribution in [2.24, 2.45) is 23.7 Å². The molecule has 2 N–H and O–H groups in total. The molecule has 1 amide bonds. The zero-order chi connectivity index (χ0) is 28.9. The Morgan fingerprint density at radius 2 is 1.93 bits per heavy atom. The normalized spacial score (nSPS) is 28.0. The van der Waals surface area contributed by atoms with Crippen molar-refractivity contribution in [2.45, 2.75) is 44.2 Å². The molecule has 7 heterocycles. The standard InChI is InChI=1S/C32H38N8O3/c33-11-23-15-36-39-18-28(42-6-5-38-16-24-12-34-13-25(24)17-38)10-29(31(23)39)21-3-4-30(35-14-21)40-26-7-22(8-27(40)9-26)32(41)37-43-19-20-1-2-20/h3-4,10,14-15,18,20,22,24-27,34H,1-2,5-9,12-13,16-17,19H2,(H,37,41). The van der Waals surface area contributed by atoms with Gasteiger partial charge >= 0.3 is 0 Å². The van der Waals surface area contributed by atoms with E-state index in [4.69, 9.17) is 14.6 Å². The molecule has 43 heavy (non-hydrogen) atoms. The Morgan fingerprint density at radius 3 is 2.65 bits per heavy atom. The number of ether oxygens (including phenoxy) is 1. The number of nitriles is 1. The van der Waals surface area contributed by atoms with Crippen molar-refractivity contribution in [1.82, 2.24) is 30.3 Å². The molecule has 2 bridgehead atoms. The summed E-state index contributed by atoms with van der Waals surface area (Å²) in [5.41, 5.74) is 5.74. The van der Waals surface area contributed by atoms with Gasteiger partial charge in [0.25, 0.3) is 0 Å². The minimum absolute atomic E-state index is 0.0112. The summed E-state index contributed by atoms with van der Waals surface area (Å²) < 4.78 is 7.98. The number of pyridine rings is 2. The van der Waals surface area contributed by atoms with Crippen LogP contribution in [-0.2, 0) is 9.63 Å². The number of hydrogen-bond donors (Lipinski definition) is 2. The lowest BCUT2D eigenvalue weighted by Gasteiger charge is -2.55. The Morgan fingerprint density at radius 1 is 1.12 bits per heavy atom. The zero-order valence-electron chi connectivity index (χ0n) is 24.3. The largest absolute Gasteiger partial charge is 0.491 e. The van der Waals surface area contributed by atoms with Crippen LogP contribution in [0.15, 0.2) is 36.8 Å². The van der Waals surface area contributed by atoms with Crippen molar-refractivity contribution in [2.75, 3.05) is 50.8 Å². The van der Waals surface area contributed by atoms with Gasteiger partial charge in [-0.3, -0.25) is 14.5 Å². The molecule has 4 saturated heterocycles. The van der Waals surface area contributed by atoms with Crippen LogP contribution in [0.1, 0.15) is 37.7 Å². The fourth-order valence-electron chi connectivity index (χ4n) is 7.66. The first-order chi connectivity index (χ1) is 21.1.